The van der Waals surface area contributed by atoms with Crippen molar-refractivity contribution in [3.05, 3.63) is 35.9 Å². The van der Waals surface area contributed by atoms with E-state index in [-0.39, 0.29) is 5.92 Å². The average molecular weight is 278 g/mol. The van der Waals surface area contributed by atoms with Gasteiger partial charge in [0.05, 0.1) is 0 Å². The predicted octanol–water partition coefficient (Wildman–Crippen LogP) is 1.000. The number of hydrogen-bond acceptors (Lipinski definition) is 5. The summed E-state index contributed by atoms with van der Waals surface area (Å²) in [5.74, 6) is -1.20. The van der Waals surface area contributed by atoms with Crippen LogP contribution in [-0.4, -0.2) is 24.0 Å². The van der Waals surface area contributed by atoms with Crippen LogP contribution in [0.5, 0.6) is 0 Å². The second kappa shape index (κ2) is 7.77. The molecular weight excluding hydrogens is 256 g/mol. The van der Waals surface area contributed by atoms with Gasteiger partial charge in [-0.25, -0.2) is 9.59 Å². The largest absolute Gasteiger partial charge is 0.391 e. The third-order valence-corrected chi connectivity index (χ3v) is 2.83. The summed E-state index contributed by atoms with van der Waals surface area (Å²) in [6, 6.07) is 7.66. The molecule has 1 aromatic rings. The van der Waals surface area contributed by atoms with E-state index in [0.29, 0.717) is 12.8 Å². The van der Waals surface area contributed by atoms with Crippen molar-refractivity contribution in [2.24, 2.45) is 17.4 Å². The minimum atomic E-state index is -0.868. The second-order valence-electron chi connectivity index (χ2n) is 5.27. The zero-order chi connectivity index (χ0) is 15.1. The number of ether oxygens (including phenoxy) is 1. The van der Waals surface area contributed by atoms with E-state index < -0.39 is 24.0 Å². The van der Waals surface area contributed by atoms with Gasteiger partial charge < -0.3 is 16.2 Å². The van der Waals surface area contributed by atoms with Crippen LogP contribution in [-0.2, 0) is 20.7 Å². The molecule has 20 heavy (non-hydrogen) atoms. The van der Waals surface area contributed by atoms with Crippen molar-refractivity contribution in [3.8, 4) is 0 Å². The molecule has 4 N–H and O–H groups in total. The quantitative estimate of drug-likeness (QED) is 0.598. The van der Waals surface area contributed by atoms with E-state index in [1.54, 1.807) is 0 Å². The van der Waals surface area contributed by atoms with Gasteiger partial charge in [0.15, 0.2) is 0 Å². The average Bonchev–Trinajstić information content (AvgIpc) is 2.38. The molecule has 5 nitrogen and oxygen atoms in total. The van der Waals surface area contributed by atoms with E-state index in [0.717, 1.165) is 5.56 Å². The van der Waals surface area contributed by atoms with Crippen molar-refractivity contribution >= 4 is 11.9 Å². The summed E-state index contributed by atoms with van der Waals surface area (Å²) >= 11 is 0. The Morgan fingerprint density at radius 3 is 2.15 bits per heavy atom. The third-order valence-electron chi connectivity index (χ3n) is 2.83. The Morgan fingerprint density at radius 1 is 1.05 bits per heavy atom. The summed E-state index contributed by atoms with van der Waals surface area (Å²) in [4.78, 5) is 23.3. The van der Waals surface area contributed by atoms with E-state index in [4.69, 9.17) is 16.2 Å². The van der Waals surface area contributed by atoms with Gasteiger partial charge in [-0.3, -0.25) is 0 Å². The summed E-state index contributed by atoms with van der Waals surface area (Å²) in [7, 11) is 0. The maximum absolute atomic E-state index is 11.7. The van der Waals surface area contributed by atoms with Crippen LogP contribution in [0.15, 0.2) is 30.3 Å². The van der Waals surface area contributed by atoms with Crippen LogP contribution >= 0.6 is 0 Å². The Balaban J connectivity index is 2.47. The van der Waals surface area contributed by atoms with E-state index in [1.165, 1.54) is 0 Å². The maximum atomic E-state index is 11.7. The molecular formula is C15H22N2O3. The van der Waals surface area contributed by atoms with E-state index >= 15 is 0 Å². The highest BCUT2D eigenvalue weighted by atomic mass is 16.6. The molecule has 0 amide bonds. The molecule has 0 saturated heterocycles. The number of nitrogens with two attached hydrogens (primary N) is 2. The first kappa shape index (κ1) is 16.3. The Labute approximate surface area is 119 Å². The van der Waals surface area contributed by atoms with Crippen LogP contribution in [0, 0.1) is 5.92 Å². The molecule has 0 aromatic heterocycles. The highest BCUT2D eigenvalue weighted by molar-refractivity contribution is 5.90. The molecule has 0 saturated carbocycles. The second-order valence-corrected chi connectivity index (χ2v) is 5.27. The lowest BCUT2D eigenvalue weighted by molar-refractivity contribution is -0.161. The van der Waals surface area contributed by atoms with Crippen LogP contribution in [0.25, 0.3) is 0 Å². The summed E-state index contributed by atoms with van der Waals surface area (Å²) < 4.78 is 4.72. The van der Waals surface area contributed by atoms with Crippen LogP contribution in [0.4, 0.5) is 0 Å². The van der Waals surface area contributed by atoms with E-state index in [2.05, 4.69) is 0 Å². The Bertz CT molecular complexity index is 446. The predicted molar refractivity (Wildman–Crippen MR) is 76.7 cm³/mol. The van der Waals surface area contributed by atoms with Crippen LogP contribution < -0.4 is 11.5 Å². The molecule has 0 heterocycles. The first-order valence-electron chi connectivity index (χ1n) is 6.70. The van der Waals surface area contributed by atoms with Crippen molar-refractivity contribution in [2.45, 2.75) is 38.8 Å². The van der Waals surface area contributed by atoms with Crippen molar-refractivity contribution in [2.75, 3.05) is 0 Å². The minimum Gasteiger partial charge on any atom is -0.391 e. The number of rotatable bonds is 6. The third kappa shape index (κ3) is 5.50. The van der Waals surface area contributed by atoms with Crippen LogP contribution in [0.3, 0.4) is 0 Å². The fourth-order valence-corrected chi connectivity index (χ4v) is 1.81. The molecule has 0 spiro atoms. The number of carbonyl (C=O) groups excluding carboxylic acids is 2. The molecule has 0 fully saturated rings. The lowest BCUT2D eigenvalue weighted by Crippen LogP contribution is -2.41. The molecule has 0 aliphatic carbocycles. The number of carbonyl (C=O) groups is 2. The van der Waals surface area contributed by atoms with Gasteiger partial charge in [0.2, 0.25) is 0 Å². The Morgan fingerprint density at radius 2 is 1.60 bits per heavy atom. The maximum Gasteiger partial charge on any atom is 0.330 e. The molecule has 110 valence electrons. The standard InChI is InChI=1S/C15H22N2O3/c1-10(2)8-12(16)14(18)20-15(19)13(17)9-11-6-4-3-5-7-11/h3-7,10,12-13H,8-9,16-17H2,1-2H3/t12-,13-/m0/s1. The molecule has 1 rings (SSSR count). The first-order chi connectivity index (χ1) is 9.40. The fraction of sp³-hybridized carbons (Fsp3) is 0.467. The molecule has 0 bridgehead atoms. The van der Waals surface area contributed by atoms with Crippen molar-refractivity contribution in [1.82, 2.24) is 0 Å². The Hall–Kier alpha value is -1.72. The van der Waals surface area contributed by atoms with Crippen molar-refractivity contribution < 1.29 is 14.3 Å². The first-order valence-corrected chi connectivity index (χ1v) is 6.70. The van der Waals surface area contributed by atoms with Gasteiger partial charge in [-0.2, -0.15) is 0 Å². The topological polar surface area (TPSA) is 95.4 Å². The highest BCUT2D eigenvalue weighted by Gasteiger charge is 2.23. The van der Waals surface area contributed by atoms with Gasteiger partial charge in [-0.05, 0) is 24.3 Å². The molecule has 0 aliphatic heterocycles. The van der Waals surface area contributed by atoms with Crippen molar-refractivity contribution in [3.63, 3.8) is 0 Å². The smallest absolute Gasteiger partial charge is 0.330 e. The molecule has 0 radical (unpaired) electrons. The van der Waals surface area contributed by atoms with Gasteiger partial charge >= 0.3 is 11.9 Å². The summed E-state index contributed by atoms with van der Waals surface area (Å²) in [6.45, 7) is 3.88. The van der Waals surface area contributed by atoms with Gasteiger partial charge in [0.1, 0.15) is 12.1 Å². The lowest BCUT2D eigenvalue weighted by atomic mass is 10.0. The van der Waals surface area contributed by atoms with Crippen LogP contribution in [0.1, 0.15) is 25.8 Å². The number of esters is 2. The normalized spacial score (nSPS) is 13.8. The molecule has 2 atom stereocenters. The number of benzene rings is 1. The van der Waals surface area contributed by atoms with Gasteiger partial charge in [-0.15, -0.1) is 0 Å². The minimum absolute atomic E-state index is 0.255. The van der Waals surface area contributed by atoms with Gasteiger partial charge in [-0.1, -0.05) is 44.2 Å². The summed E-state index contributed by atoms with van der Waals surface area (Å²) in [6.07, 6.45) is 0.798. The molecule has 5 heteroatoms. The Kier molecular flexibility index (Phi) is 6.35. The SMILES string of the molecule is CC(C)C[C@H](N)C(=O)OC(=O)[C@@H](N)Cc1ccccc1. The molecule has 0 aliphatic rings. The molecule has 0 unspecified atom stereocenters. The van der Waals surface area contributed by atoms with E-state index in [1.807, 2.05) is 44.2 Å². The van der Waals surface area contributed by atoms with Gasteiger partial charge in [0.25, 0.3) is 0 Å². The summed E-state index contributed by atoms with van der Waals surface area (Å²) in [5.41, 5.74) is 12.3. The summed E-state index contributed by atoms with van der Waals surface area (Å²) in [5, 5.41) is 0. The zero-order valence-electron chi connectivity index (χ0n) is 11.9. The highest BCUT2D eigenvalue weighted by Crippen LogP contribution is 2.06. The monoisotopic (exact) mass is 278 g/mol. The zero-order valence-corrected chi connectivity index (χ0v) is 11.9. The fourth-order valence-electron chi connectivity index (χ4n) is 1.81. The number of hydrogen-bond donors (Lipinski definition) is 2. The van der Waals surface area contributed by atoms with Crippen LogP contribution in [0.2, 0.25) is 0 Å². The van der Waals surface area contributed by atoms with Crippen molar-refractivity contribution in [1.29, 1.82) is 0 Å². The van der Waals surface area contributed by atoms with E-state index in [9.17, 15) is 9.59 Å². The lowest BCUT2D eigenvalue weighted by Gasteiger charge is -2.14. The van der Waals surface area contributed by atoms with Gasteiger partial charge in [0, 0.05) is 0 Å². The molecule has 1 aromatic carbocycles.